The van der Waals surface area contributed by atoms with Gasteiger partial charge in [-0.25, -0.2) is 4.98 Å². The highest BCUT2D eigenvalue weighted by molar-refractivity contribution is 5.91. The molecule has 0 radical (unpaired) electrons. The summed E-state index contributed by atoms with van der Waals surface area (Å²) in [5.41, 5.74) is 0.298. The van der Waals surface area contributed by atoms with Crippen LogP contribution in [0.5, 0.6) is 0 Å². The molecule has 112 valence electrons. The third kappa shape index (κ3) is 3.53. The van der Waals surface area contributed by atoms with Gasteiger partial charge in [0.05, 0.1) is 18.9 Å². The van der Waals surface area contributed by atoms with Crippen LogP contribution in [-0.2, 0) is 13.0 Å². The van der Waals surface area contributed by atoms with Crippen LogP contribution in [0.2, 0.25) is 0 Å². The minimum Gasteiger partial charge on any atom is -0.351 e. The molecule has 8 nitrogen and oxygen atoms in total. The van der Waals surface area contributed by atoms with Crippen molar-refractivity contribution in [1.29, 1.82) is 0 Å². The van der Waals surface area contributed by atoms with Crippen molar-refractivity contribution >= 4 is 11.7 Å². The summed E-state index contributed by atoms with van der Waals surface area (Å²) in [5.74, 6) is 1.55. The molecule has 1 amide bonds. The van der Waals surface area contributed by atoms with Crippen LogP contribution in [0.25, 0.3) is 0 Å². The molecular weight excluding hydrogens is 272 g/mol. The second kappa shape index (κ2) is 6.29. The summed E-state index contributed by atoms with van der Waals surface area (Å²) < 4.78 is 5.06. The van der Waals surface area contributed by atoms with Crippen molar-refractivity contribution in [1.82, 2.24) is 25.0 Å². The Morgan fingerprint density at radius 2 is 2.00 bits per heavy atom. The number of carbonyl (C=O) groups is 1. The van der Waals surface area contributed by atoms with E-state index in [4.69, 9.17) is 4.52 Å². The van der Waals surface area contributed by atoms with E-state index < -0.39 is 0 Å². The molecule has 2 aromatic rings. The second-order valence-electron chi connectivity index (χ2n) is 4.78. The molecule has 8 heteroatoms. The van der Waals surface area contributed by atoms with E-state index in [1.54, 1.807) is 20.3 Å². The highest BCUT2D eigenvalue weighted by atomic mass is 16.5. The third-order valence-electron chi connectivity index (χ3n) is 2.83. The average Bonchev–Trinajstić information content (AvgIpc) is 2.94. The summed E-state index contributed by atoms with van der Waals surface area (Å²) in [5, 5.41) is 3.89. The van der Waals surface area contributed by atoms with Gasteiger partial charge in [0.2, 0.25) is 5.89 Å². The Labute approximate surface area is 122 Å². The van der Waals surface area contributed by atoms with E-state index in [0.29, 0.717) is 36.2 Å². The van der Waals surface area contributed by atoms with Crippen LogP contribution in [0, 0.1) is 0 Å². The van der Waals surface area contributed by atoms with E-state index in [0.717, 1.165) is 0 Å². The Morgan fingerprint density at radius 3 is 2.62 bits per heavy atom. The van der Waals surface area contributed by atoms with Crippen LogP contribution in [0.15, 0.2) is 16.9 Å². The molecule has 0 atom stereocenters. The van der Waals surface area contributed by atoms with E-state index in [1.807, 2.05) is 18.9 Å². The molecule has 0 spiro atoms. The number of aromatic nitrogens is 4. The monoisotopic (exact) mass is 290 g/mol. The summed E-state index contributed by atoms with van der Waals surface area (Å²) >= 11 is 0. The first-order chi connectivity index (χ1) is 10.0. The van der Waals surface area contributed by atoms with Crippen molar-refractivity contribution in [2.75, 3.05) is 26.0 Å². The third-order valence-corrected chi connectivity index (χ3v) is 2.83. The minimum atomic E-state index is -0.189. The van der Waals surface area contributed by atoms with Crippen molar-refractivity contribution in [3.63, 3.8) is 0 Å². The van der Waals surface area contributed by atoms with Gasteiger partial charge >= 0.3 is 0 Å². The first-order valence-electron chi connectivity index (χ1n) is 6.57. The van der Waals surface area contributed by atoms with Gasteiger partial charge in [0.15, 0.2) is 5.82 Å². The summed E-state index contributed by atoms with van der Waals surface area (Å²) in [7, 11) is 5.17. The lowest BCUT2D eigenvalue weighted by Gasteiger charge is -2.16. The zero-order chi connectivity index (χ0) is 15.4. The number of hydrogen-bond donors (Lipinski definition) is 0. The fourth-order valence-corrected chi connectivity index (χ4v) is 1.66. The standard InChI is InChI=1S/C13H18N6O2/c1-5-12-16-10(17-21-12)8-19(4)11-7-14-6-9(15-11)13(20)18(2)3/h6-7H,5,8H2,1-4H3. The molecule has 0 fully saturated rings. The summed E-state index contributed by atoms with van der Waals surface area (Å²) in [6.45, 7) is 2.38. The smallest absolute Gasteiger partial charge is 0.273 e. The molecule has 0 bridgehead atoms. The minimum absolute atomic E-state index is 0.189. The van der Waals surface area contributed by atoms with Crippen molar-refractivity contribution in [2.24, 2.45) is 0 Å². The Bertz CT molecular complexity index is 625. The summed E-state index contributed by atoms with van der Waals surface area (Å²) in [6, 6.07) is 0. The van der Waals surface area contributed by atoms with Gasteiger partial charge in [-0.2, -0.15) is 4.98 Å². The average molecular weight is 290 g/mol. The molecule has 21 heavy (non-hydrogen) atoms. The molecule has 0 unspecified atom stereocenters. The molecule has 0 aliphatic heterocycles. The molecule has 0 aliphatic carbocycles. The van der Waals surface area contributed by atoms with E-state index in [1.165, 1.54) is 11.1 Å². The summed E-state index contributed by atoms with van der Waals surface area (Å²) in [6.07, 6.45) is 3.74. The van der Waals surface area contributed by atoms with Crippen LogP contribution in [0.4, 0.5) is 5.82 Å². The first-order valence-corrected chi connectivity index (χ1v) is 6.57. The molecule has 0 saturated heterocycles. The van der Waals surface area contributed by atoms with Crippen molar-refractivity contribution in [3.05, 3.63) is 29.8 Å². The lowest BCUT2D eigenvalue weighted by atomic mass is 10.4. The number of aryl methyl sites for hydroxylation is 1. The fraction of sp³-hybridized carbons (Fsp3) is 0.462. The Kier molecular flexibility index (Phi) is 4.46. The number of amides is 1. The van der Waals surface area contributed by atoms with Crippen LogP contribution < -0.4 is 4.90 Å². The van der Waals surface area contributed by atoms with Crippen molar-refractivity contribution in [3.8, 4) is 0 Å². The number of anilines is 1. The van der Waals surface area contributed by atoms with E-state index in [9.17, 15) is 4.79 Å². The second-order valence-corrected chi connectivity index (χ2v) is 4.78. The molecular formula is C13H18N6O2. The predicted molar refractivity (Wildman–Crippen MR) is 75.8 cm³/mol. The fourth-order valence-electron chi connectivity index (χ4n) is 1.66. The van der Waals surface area contributed by atoms with Crippen LogP contribution >= 0.6 is 0 Å². The van der Waals surface area contributed by atoms with E-state index in [2.05, 4.69) is 20.1 Å². The van der Waals surface area contributed by atoms with Gasteiger partial charge in [-0.1, -0.05) is 12.1 Å². The Balaban J connectivity index is 2.13. The molecule has 0 aromatic carbocycles. The first kappa shape index (κ1) is 14.9. The molecule has 2 rings (SSSR count). The zero-order valence-corrected chi connectivity index (χ0v) is 12.6. The number of hydrogen-bond acceptors (Lipinski definition) is 7. The molecule has 2 heterocycles. The van der Waals surface area contributed by atoms with Gasteiger partial charge in [0.25, 0.3) is 5.91 Å². The normalized spacial score (nSPS) is 10.5. The van der Waals surface area contributed by atoms with Gasteiger partial charge in [-0.05, 0) is 0 Å². The predicted octanol–water partition coefficient (Wildman–Crippen LogP) is 0.760. The molecule has 0 saturated carbocycles. The number of rotatable bonds is 5. The molecule has 0 N–H and O–H groups in total. The quantitative estimate of drug-likeness (QED) is 0.803. The van der Waals surface area contributed by atoms with Gasteiger partial charge in [0.1, 0.15) is 11.5 Å². The lowest BCUT2D eigenvalue weighted by molar-refractivity contribution is 0.0821. The summed E-state index contributed by atoms with van der Waals surface area (Å²) in [4.78, 5) is 27.7. The van der Waals surface area contributed by atoms with Crippen LogP contribution in [0.1, 0.15) is 29.1 Å². The van der Waals surface area contributed by atoms with E-state index >= 15 is 0 Å². The highest BCUT2D eigenvalue weighted by Gasteiger charge is 2.14. The van der Waals surface area contributed by atoms with Gasteiger partial charge in [-0.15, -0.1) is 0 Å². The van der Waals surface area contributed by atoms with Gasteiger partial charge in [0, 0.05) is 27.6 Å². The van der Waals surface area contributed by atoms with Crippen molar-refractivity contribution < 1.29 is 9.32 Å². The Hall–Kier alpha value is -2.51. The SMILES string of the molecule is CCc1nc(CN(C)c2cncc(C(=O)N(C)C)n2)no1. The van der Waals surface area contributed by atoms with E-state index in [-0.39, 0.29) is 5.91 Å². The lowest BCUT2D eigenvalue weighted by Crippen LogP contribution is -2.25. The Morgan fingerprint density at radius 1 is 1.24 bits per heavy atom. The van der Waals surface area contributed by atoms with Crippen molar-refractivity contribution in [2.45, 2.75) is 19.9 Å². The molecule has 0 aliphatic rings. The maximum absolute atomic E-state index is 11.9. The molecule has 2 aromatic heterocycles. The van der Waals surface area contributed by atoms with Crippen LogP contribution in [0.3, 0.4) is 0 Å². The zero-order valence-electron chi connectivity index (χ0n) is 12.6. The highest BCUT2D eigenvalue weighted by Crippen LogP contribution is 2.11. The maximum Gasteiger partial charge on any atom is 0.273 e. The number of carbonyl (C=O) groups excluding carboxylic acids is 1. The van der Waals surface area contributed by atoms with Gasteiger partial charge in [-0.3, -0.25) is 9.78 Å². The maximum atomic E-state index is 11.9. The van der Waals surface area contributed by atoms with Crippen LogP contribution in [-0.4, -0.2) is 52.1 Å². The van der Waals surface area contributed by atoms with Gasteiger partial charge < -0.3 is 14.3 Å². The topological polar surface area (TPSA) is 88.3 Å². The largest absolute Gasteiger partial charge is 0.351 e. The number of nitrogens with zero attached hydrogens (tertiary/aromatic N) is 6.